The predicted molar refractivity (Wildman–Crippen MR) is 75.9 cm³/mol. The first-order valence-corrected chi connectivity index (χ1v) is 5.75. The third-order valence-electron chi connectivity index (χ3n) is 2.18. The van der Waals surface area contributed by atoms with E-state index in [0.29, 0.717) is 5.56 Å². The van der Waals surface area contributed by atoms with E-state index in [1.807, 2.05) is 30.3 Å². The molecule has 0 aliphatic rings. The molecule has 0 aliphatic carbocycles. The Balaban J connectivity index is 0.000000204. The molecule has 0 saturated heterocycles. The van der Waals surface area contributed by atoms with Crippen molar-refractivity contribution in [2.75, 3.05) is 0 Å². The molecule has 0 aliphatic heterocycles. The fraction of sp³-hybridized carbons (Fsp3) is 0. The highest BCUT2D eigenvalue weighted by Gasteiger charge is 1.94. The fourth-order valence-corrected chi connectivity index (χ4v) is 1.25. The molecule has 2 rings (SSSR count). The van der Waals surface area contributed by atoms with Crippen molar-refractivity contribution in [2.24, 2.45) is 5.73 Å². The SMILES string of the molecule is NC(=O)c1ccncc1.O=C(O)C=Cc1ccccc1. The van der Waals surface area contributed by atoms with Crippen molar-refractivity contribution in [3.8, 4) is 0 Å². The van der Waals surface area contributed by atoms with E-state index in [4.69, 9.17) is 10.8 Å². The summed E-state index contributed by atoms with van der Waals surface area (Å²) >= 11 is 0. The van der Waals surface area contributed by atoms with Crippen LogP contribution in [0.5, 0.6) is 0 Å². The molecule has 20 heavy (non-hydrogen) atoms. The molecule has 1 amide bonds. The van der Waals surface area contributed by atoms with Crippen LogP contribution in [0.25, 0.3) is 6.08 Å². The molecule has 0 fully saturated rings. The maximum atomic E-state index is 10.4. The largest absolute Gasteiger partial charge is 0.478 e. The van der Waals surface area contributed by atoms with Gasteiger partial charge in [0.1, 0.15) is 0 Å². The summed E-state index contributed by atoms with van der Waals surface area (Å²) in [6.07, 6.45) is 5.73. The van der Waals surface area contributed by atoms with E-state index in [-0.39, 0.29) is 0 Å². The van der Waals surface area contributed by atoms with Crippen LogP contribution in [0.4, 0.5) is 0 Å². The number of pyridine rings is 1. The van der Waals surface area contributed by atoms with Gasteiger partial charge in [-0.25, -0.2) is 4.79 Å². The minimum Gasteiger partial charge on any atom is -0.478 e. The molecule has 0 bridgehead atoms. The molecule has 102 valence electrons. The van der Waals surface area contributed by atoms with Gasteiger partial charge in [-0.2, -0.15) is 0 Å². The Kier molecular flexibility index (Phi) is 6.20. The molecule has 2 aromatic rings. The number of primary amides is 1. The minimum atomic E-state index is -0.922. The van der Waals surface area contributed by atoms with Gasteiger partial charge in [0.05, 0.1) is 0 Å². The second-order valence-corrected chi connectivity index (χ2v) is 3.68. The van der Waals surface area contributed by atoms with Crippen LogP contribution in [0.3, 0.4) is 0 Å². The van der Waals surface area contributed by atoms with Gasteiger partial charge in [0.15, 0.2) is 0 Å². The monoisotopic (exact) mass is 270 g/mol. The van der Waals surface area contributed by atoms with E-state index >= 15 is 0 Å². The fourth-order valence-electron chi connectivity index (χ4n) is 1.25. The lowest BCUT2D eigenvalue weighted by molar-refractivity contribution is -0.131. The number of carboxylic acids is 1. The molecule has 0 atom stereocenters. The zero-order valence-electron chi connectivity index (χ0n) is 10.6. The van der Waals surface area contributed by atoms with Gasteiger partial charge in [0.25, 0.3) is 0 Å². The van der Waals surface area contributed by atoms with Crippen LogP contribution in [0, 0.1) is 0 Å². The highest BCUT2D eigenvalue weighted by molar-refractivity contribution is 5.92. The standard InChI is InChI=1S/C9H8O2.C6H6N2O/c10-9(11)7-6-8-4-2-1-3-5-8;7-6(9)5-1-3-8-4-2-5/h1-7H,(H,10,11);1-4H,(H2,7,9). The Morgan fingerprint density at radius 3 is 2.10 bits per heavy atom. The van der Waals surface area contributed by atoms with Crippen molar-refractivity contribution in [3.05, 3.63) is 72.1 Å². The zero-order chi connectivity index (χ0) is 14.8. The number of hydrogen-bond donors (Lipinski definition) is 2. The van der Waals surface area contributed by atoms with Gasteiger partial charge < -0.3 is 10.8 Å². The normalized spacial score (nSPS) is 9.60. The van der Waals surface area contributed by atoms with Crippen molar-refractivity contribution in [3.63, 3.8) is 0 Å². The van der Waals surface area contributed by atoms with Gasteiger partial charge >= 0.3 is 5.97 Å². The van der Waals surface area contributed by atoms with Crippen molar-refractivity contribution >= 4 is 18.0 Å². The highest BCUT2D eigenvalue weighted by atomic mass is 16.4. The van der Waals surface area contributed by atoms with Gasteiger partial charge in [0, 0.05) is 24.0 Å². The third kappa shape index (κ3) is 6.11. The number of benzene rings is 1. The van der Waals surface area contributed by atoms with Crippen LogP contribution in [0.2, 0.25) is 0 Å². The molecule has 3 N–H and O–H groups in total. The maximum absolute atomic E-state index is 10.4. The number of carbonyl (C=O) groups excluding carboxylic acids is 1. The number of amides is 1. The first-order valence-electron chi connectivity index (χ1n) is 5.75. The van der Waals surface area contributed by atoms with E-state index in [0.717, 1.165) is 11.6 Å². The average Bonchev–Trinajstić information content (AvgIpc) is 2.48. The summed E-state index contributed by atoms with van der Waals surface area (Å²) < 4.78 is 0. The minimum absolute atomic E-state index is 0.419. The van der Waals surface area contributed by atoms with Crippen LogP contribution in [-0.4, -0.2) is 22.0 Å². The third-order valence-corrected chi connectivity index (χ3v) is 2.18. The van der Waals surface area contributed by atoms with Crippen molar-refractivity contribution in [2.45, 2.75) is 0 Å². The number of nitrogens with two attached hydrogens (primary N) is 1. The molecule has 0 spiro atoms. The summed E-state index contributed by atoms with van der Waals surface area (Å²) in [4.78, 5) is 24.2. The summed E-state index contributed by atoms with van der Waals surface area (Å²) in [7, 11) is 0. The number of aromatic nitrogens is 1. The van der Waals surface area contributed by atoms with Gasteiger partial charge in [-0.3, -0.25) is 9.78 Å². The Morgan fingerprint density at radius 1 is 1.05 bits per heavy atom. The number of carbonyl (C=O) groups is 2. The van der Waals surface area contributed by atoms with Gasteiger partial charge in [0.2, 0.25) is 5.91 Å². The van der Waals surface area contributed by atoms with Crippen LogP contribution in [0.15, 0.2) is 60.9 Å². The van der Waals surface area contributed by atoms with Crippen LogP contribution >= 0.6 is 0 Å². The van der Waals surface area contributed by atoms with Crippen molar-refractivity contribution < 1.29 is 14.7 Å². The molecule has 0 saturated carbocycles. The molecule has 1 aromatic carbocycles. The zero-order valence-corrected chi connectivity index (χ0v) is 10.6. The van der Waals surface area contributed by atoms with Gasteiger partial charge in [-0.05, 0) is 23.8 Å². The van der Waals surface area contributed by atoms with Gasteiger partial charge in [-0.15, -0.1) is 0 Å². The van der Waals surface area contributed by atoms with E-state index < -0.39 is 11.9 Å². The number of nitrogens with zero attached hydrogens (tertiary/aromatic N) is 1. The maximum Gasteiger partial charge on any atom is 0.328 e. The molecular weight excluding hydrogens is 256 g/mol. The molecule has 1 aromatic heterocycles. The summed E-state index contributed by atoms with van der Waals surface area (Å²) in [6.45, 7) is 0. The topological polar surface area (TPSA) is 93.3 Å². The summed E-state index contributed by atoms with van der Waals surface area (Å²) in [5, 5.41) is 8.29. The molecule has 5 nitrogen and oxygen atoms in total. The molecule has 0 unspecified atom stereocenters. The van der Waals surface area contributed by atoms with E-state index in [2.05, 4.69) is 4.98 Å². The quantitative estimate of drug-likeness (QED) is 0.834. The number of rotatable bonds is 3. The second kappa shape index (κ2) is 8.20. The lowest BCUT2D eigenvalue weighted by Crippen LogP contribution is -2.10. The van der Waals surface area contributed by atoms with E-state index in [1.165, 1.54) is 12.4 Å². The Morgan fingerprint density at radius 2 is 1.65 bits per heavy atom. The van der Waals surface area contributed by atoms with E-state index in [1.54, 1.807) is 18.2 Å². The number of carboxylic acid groups (broad SMARTS) is 1. The lowest BCUT2D eigenvalue weighted by atomic mass is 10.2. The lowest BCUT2D eigenvalue weighted by Gasteiger charge is -1.88. The Hall–Kier alpha value is -2.95. The first-order chi connectivity index (χ1) is 9.59. The van der Waals surface area contributed by atoms with Crippen LogP contribution in [0.1, 0.15) is 15.9 Å². The summed E-state index contributed by atoms with van der Waals surface area (Å²) in [5.74, 6) is -1.34. The number of hydrogen-bond acceptors (Lipinski definition) is 3. The van der Waals surface area contributed by atoms with Gasteiger partial charge in [-0.1, -0.05) is 30.3 Å². The highest BCUT2D eigenvalue weighted by Crippen LogP contribution is 1.99. The average molecular weight is 270 g/mol. The Labute approximate surface area is 116 Å². The smallest absolute Gasteiger partial charge is 0.328 e. The molecular formula is C15H14N2O3. The predicted octanol–water partition coefficient (Wildman–Crippen LogP) is 1.96. The number of aliphatic carboxylic acids is 1. The first kappa shape index (κ1) is 15.1. The Bertz CT molecular complexity index is 581. The second-order valence-electron chi connectivity index (χ2n) is 3.68. The van der Waals surface area contributed by atoms with Crippen LogP contribution in [-0.2, 0) is 4.79 Å². The van der Waals surface area contributed by atoms with Crippen molar-refractivity contribution in [1.29, 1.82) is 0 Å². The van der Waals surface area contributed by atoms with Crippen molar-refractivity contribution in [1.82, 2.24) is 4.98 Å². The molecule has 0 radical (unpaired) electrons. The molecule has 5 heteroatoms. The van der Waals surface area contributed by atoms with E-state index in [9.17, 15) is 9.59 Å². The molecule has 1 heterocycles. The van der Waals surface area contributed by atoms with Crippen LogP contribution < -0.4 is 5.73 Å². The summed E-state index contributed by atoms with van der Waals surface area (Å²) in [6, 6.07) is 12.4. The summed E-state index contributed by atoms with van der Waals surface area (Å²) in [5.41, 5.74) is 6.34.